The van der Waals surface area contributed by atoms with Gasteiger partial charge in [-0.05, 0) is 54.8 Å². The minimum atomic E-state index is 0.266. The van der Waals surface area contributed by atoms with Crippen molar-refractivity contribution >= 4 is 21.7 Å². The van der Waals surface area contributed by atoms with E-state index in [1.165, 1.54) is 5.56 Å². The Bertz CT molecular complexity index is 652. The predicted octanol–water partition coefficient (Wildman–Crippen LogP) is 4.38. The van der Waals surface area contributed by atoms with Gasteiger partial charge in [0.05, 0.1) is 5.56 Å². The number of ketones is 1. The van der Waals surface area contributed by atoms with Crippen molar-refractivity contribution in [3.8, 4) is 5.69 Å². The Morgan fingerprint density at radius 3 is 2.47 bits per heavy atom. The van der Waals surface area contributed by atoms with E-state index < -0.39 is 0 Å². The second-order valence-electron chi connectivity index (χ2n) is 5.17. The molecule has 3 heteroatoms. The summed E-state index contributed by atoms with van der Waals surface area (Å²) in [7, 11) is 0. The molecular weight excluding hydrogens is 302 g/mol. The summed E-state index contributed by atoms with van der Waals surface area (Å²) in [6.45, 7) is 4.15. The van der Waals surface area contributed by atoms with Crippen molar-refractivity contribution in [1.29, 1.82) is 0 Å². The quantitative estimate of drug-likeness (QED) is 0.765. The molecule has 0 unspecified atom stereocenters. The molecule has 0 radical (unpaired) electrons. The summed E-state index contributed by atoms with van der Waals surface area (Å²) >= 11 is 3.60. The first-order chi connectivity index (χ1) is 9.09. The van der Waals surface area contributed by atoms with Gasteiger partial charge in [-0.25, -0.2) is 0 Å². The molecule has 0 amide bonds. The molecule has 19 heavy (non-hydrogen) atoms. The van der Waals surface area contributed by atoms with E-state index in [1.807, 2.05) is 0 Å². The molecular formula is C16H16BrNO. The molecule has 1 aromatic heterocycles. The Labute approximate surface area is 121 Å². The molecule has 98 valence electrons. The number of rotatable bonds is 1. The van der Waals surface area contributed by atoms with Crippen molar-refractivity contribution in [2.24, 2.45) is 0 Å². The topological polar surface area (TPSA) is 22.0 Å². The van der Waals surface area contributed by atoms with Gasteiger partial charge in [0.1, 0.15) is 0 Å². The number of benzene rings is 1. The van der Waals surface area contributed by atoms with E-state index in [1.54, 1.807) is 0 Å². The maximum atomic E-state index is 12.1. The SMILES string of the molecule is Cc1ccc(-n2c(C)c(Br)c3c2CCCC3=O)cc1. The van der Waals surface area contributed by atoms with Crippen LogP contribution >= 0.6 is 15.9 Å². The zero-order chi connectivity index (χ0) is 13.6. The van der Waals surface area contributed by atoms with Gasteiger partial charge in [-0.3, -0.25) is 4.79 Å². The first-order valence-corrected chi connectivity index (χ1v) is 7.39. The fourth-order valence-electron chi connectivity index (χ4n) is 2.82. The molecule has 0 saturated carbocycles. The molecule has 2 aromatic rings. The van der Waals surface area contributed by atoms with Gasteiger partial charge in [0, 0.05) is 28.0 Å². The number of nitrogens with zero attached hydrogens (tertiary/aromatic N) is 1. The monoisotopic (exact) mass is 317 g/mol. The maximum absolute atomic E-state index is 12.1. The molecule has 1 heterocycles. The van der Waals surface area contributed by atoms with Gasteiger partial charge in [0.25, 0.3) is 0 Å². The fourth-order valence-corrected chi connectivity index (χ4v) is 3.45. The average Bonchev–Trinajstić information content (AvgIpc) is 2.65. The van der Waals surface area contributed by atoms with Gasteiger partial charge in [0.2, 0.25) is 0 Å². The molecule has 0 saturated heterocycles. The number of aromatic nitrogens is 1. The van der Waals surface area contributed by atoms with Crippen molar-refractivity contribution in [3.63, 3.8) is 0 Å². The number of halogens is 1. The van der Waals surface area contributed by atoms with Crippen LogP contribution in [0.1, 0.15) is 40.2 Å². The average molecular weight is 318 g/mol. The third-order valence-electron chi connectivity index (χ3n) is 3.82. The highest BCUT2D eigenvalue weighted by Crippen LogP contribution is 2.35. The molecule has 3 rings (SSSR count). The van der Waals surface area contributed by atoms with Crippen LogP contribution in [0.15, 0.2) is 28.7 Å². The van der Waals surface area contributed by atoms with Gasteiger partial charge in [-0.2, -0.15) is 0 Å². The lowest BCUT2D eigenvalue weighted by Crippen LogP contribution is -2.12. The van der Waals surface area contributed by atoms with Crippen LogP contribution in [-0.4, -0.2) is 10.4 Å². The first-order valence-electron chi connectivity index (χ1n) is 6.59. The van der Waals surface area contributed by atoms with E-state index >= 15 is 0 Å². The Morgan fingerprint density at radius 2 is 1.79 bits per heavy atom. The number of hydrogen-bond donors (Lipinski definition) is 0. The number of Topliss-reactive ketones (excluding diaryl/α,β-unsaturated/α-hetero) is 1. The van der Waals surface area contributed by atoms with E-state index in [0.29, 0.717) is 6.42 Å². The van der Waals surface area contributed by atoms with Crippen molar-refractivity contribution in [1.82, 2.24) is 4.57 Å². The van der Waals surface area contributed by atoms with Crippen LogP contribution in [-0.2, 0) is 6.42 Å². The van der Waals surface area contributed by atoms with Crippen LogP contribution in [0.25, 0.3) is 5.69 Å². The molecule has 0 bridgehead atoms. The van der Waals surface area contributed by atoms with E-state index in [-0.39, 0.29) is 5.78 Å². The number of fused-ring (bicyclic) bond motifs is 1. The van der Waals surface area contributed by atoms with Crippen LogP contribution in [0.4, 0.5) is 0 Å². The van der Waals surface area contributed by atoms with Crippen LogP contribution in [0.5, 0.6) is 0 Å². The number of carbonyl (C=O) groups excluding carboxylic acids is 1. The molecule has 1 aliphatic carbocycles. The maximum Gasteiger partial charge on any atom is 0.165 e. The zero-order valence-corrected chi connectivity index (χ0v) is 12.8. The minimum absolute atomic E-state index is 0.266. The Morgan fingerprint density at radius 1 is 1.11 bits per heavy atom. The fraction of sp³-hybridized carbons (Fsp3) is 0.312. The Kier molecular flexibility index (Phi) is 3.09. The summed E-state index contributed by atoms with van der Waals surface area (Å²) in [5, 5.41) is 0. The van der Waals surface area contributed by atoms with E-state index in [2.05, 4.69) is 58.6 Å². The molecule has 0 atom stereocenters. The highest BCUT2D eigenvalue weighted by Gasteiger charge is 2.27. The van der Waals surface area contributed by atoms with Crippen LogP contribution < -0.4 is 0 Å². The highest BCUT2D eigenvalue weighted by molar-refractivity contribution is 9.10. The van der Waals surface area contributed by atoms with E-state index in [4.69, 9.17) is 0 Å². The number of aryl methyl sites for hydroxylation is 1. The summed E-state index contributed by atoms with van der Waals surface area (Å²) in [5.41, 5.74) is 5.55. The molecule has 0 fully saturated rings. The summed E-state index contributed by atoms with van der Waals surface area (Å²) in [6.07, 6.45) is 2.60. The second-order valence-corrected chi connectivity index (χ2v) is 5.96. The molecule has 0 spiro atoms. The van der Waals surface area contributed by atoms with Crippen molar-refractivity contribution in [2.75, 3.05) is 0 Å². The van der Waals surface area contributed by atoms with Gasteiger partial charge < -0.3 is 4.57 Å². The van der Waals surface area contributed by atoms with Crippen molar-refractivity contribution in [3.05, 3.63) is 51.3 Å². The summed E-state index contributed by atoms with van der Waals surface area (Å²) in [4.78, 5) is 12.1. The standard InChI is InChI=1S/C16H16BrNO/c1-10-6-8-12(9-7-10)18-11(2)16(17)15-13(18)4-3-5-14(15)19/h6-9H,3-5H2,1-2H3. The predicted molar refractivity (Wildman–Crippen MR) is 80.2 cm³/mol. The molecule has 1 aliphatic rings. The number of carbonyl (C=O) groups is 1. The number of hydrogen-bond acceptors (Lipinski definition) is 1. The summed E-state index contributed by atoms with van der Waals surface area (Å²) in [5.74, 6) is 0.266. The van der Waals surface area contributed by atoms with Crippen molar-refractivity contribution < 1.29 is 4.79 Å². The van der Waals surface area contributed by atoms with Gasteiger partial charge in [0.15, 0.2) is 5.78 Å². The third kappa shape index (κ3) is 1.96. The zero-order valence-electron chi connectivity index (χ0n) is 11.2. The van der Waals surface area contributed by atoms with Gasteiger partial charge in [-0.1, -0.05) is 17.7 Å². The molecule has 2 nitrogen and oxygen atoms in total. The van der Waals surface area contributed by atoms with Crippen LogP contribution in [0.3, 0.4) is 0 Å². The van der Waals surface area contributed by atoms with E-state index in [0.717, 1.165) is 40.0 Å². The Balaban J connectivity index is 2.24. The van der Waals surface area contributed by atoms with Gasteiger partial charge in [-0.15, -0.1) is 0 Å². The Hall–Kier alpha value is -1.35. The largest absolute Gasteiger partial charge is 0.316 e. The lowest BCUT2D eigenvalue weighted by Gasteiger charge is -2.16. The lowest BCUT2D eigenvalue weighted by molar-refractivity contribution is 0.0971. The third-order valence-corrected chi connectivity index (χ3v) is 4.79. The summed E-state index contributed by atoms with van der Waals surface area (Å²) in [6, 6.07) is 8.46. The lowest BCUT2D eigenvalue weighted by atomic mass is 9.96. The smallest absolute Gasteiger partial charge is 0.165 e. The summed E-state index contributed by atoms with van der Waals surface area (Å²) < 4.78 is 3.18. The van der Waals surface area contributed by atoms with Crippen LogP contribution in [0, 0.1) is 13.8 Å². The van der Waals surface area contributed by atoms with Crippen LogP contribution in [0.2, 0.25) is 0 Å². The van der Waals surface area contributed by atoms with Gasteiger partial charge >= 0.3 is 0 Å². The second kappa shape index (κ2) is 4.64. The molecule has 0 aliphatic heterocycles. The molecule has 0 N–H and O–H groups in total. The van der Waals surface area contributed by atoms with Crippen molar-refractivity contribution in [2.45, 2.75) is 33.1 Å². The molecule has 1 aromatic carbocycles. The highest BCUT2D eigenvalue weighted by atomic mass is 79.9. The normalized spacial score (nSPS) is 14.6. The van der Waals surface area contributed by atoms with E-state index in [9.17, 15) is 4.79 Å². The first kappa shape index (κ1) is 12.7. The minimum Gasteiger partial charge on any atom is -0.316 e.